The molecule has 0 fully saturated rings. The fourth-order valence-electron chi connectivity index (χ4n) is 2.60. The summed E-state index contributed by atoms with van der Waals surface area (Å²) in [5.41, 5.74) is 4.47. The Morgan fingerprint density at radius 1 is 1.00 bits per heavy atom. The molecule has 1 amide bonds. The summed E-state index contributed by atoms with van der Waals surface area (Å²) >= 11 is 0. The van der Waals surface area contributed by atoms with Crippen molar-refractivity contribution in [2.75, 3.05) is 13.2 Å². The summed E-state index contributed by atoms with van der Waals surface area (Å²) in [6, 6.07) is 12.0. The van der Waals surface area contributed by atoms with Crippen LogP contribution in [0.25, 0.3) is 0 Å². The summed E-state index contributed by atoms with van der Waals surface area (Å²) < 4.78 is 11.5. The van der Waals surface area contributed by atoms with E-state index >= 15 is 0 Å². The molecule has 0 saturated carbocycles. The third-order valence-electron chi connectivity index (χ3n) is 3.88. The van der Waals surface area contributed by atoms with Crippen LogP contribution in [0, 0.1) is 27.7 Å². The van der Waals surface area contributed by atoms with Gasteiger partial charge in [-0.15, -0.1) is 0 Å². The van der Waals surface area contributed by atoms with Gasteiger partial charge in [0, 0.05) is 0 Å². The minimum atomic E-state index is -0.554. The highest BCUT2D eigenvalue weighted by Gasteiger charge is 2.14. The van der Waals surface area contributed by atoms with Crippen LogP contribution >= 0.6 is 0 Å². The van der Waals surface area contributed by atoms with E-state index in [0.717, 1.165) is 28.0 Å². The Hall–Kier alpha value is -2.49. The van der Waals surface area contributed by atoms with Crippen molar-refractivity contribution in [2.45, 2.75) is 40.7 Å². The summed E-state index contributed by atoms with van der Waals surface area (Å²) in [5, 5.41) is 2.85. The molecule has 1 N–H and O–H groups in total. The standard InChI is InChI=1S/C21H27NO3/c1-14-6-7-17(4)20(13-14)24-9-8-22-21(23)18(5)25-19-11-15(2)10-16(3)12-19/h6-7,10-13,18H,8-9H2,1-5H3,(H,22,23)/t18-/m0/s1. The molecule has 0 radical (unpaired) electrons. The molecule has 1 atom stereocenters. The fourth-order valence-corrected chi connectivity index (χ4v) is 2.60. The molecule has 0 aromatic heterocycles. The Labute approximate surface area is 150 Å². The van der Waals surface area contributed by atoms with Crippen LogP contribution in [-0.4, -0.2) is 25.2 Å². The van der Waals surface area contributed by atoms with E-state index in [4.69, 9.17) is 9.47 Å². The monoisotopic (exact) mass is 341 g/mol. The first-order valence-electron chi connectivity index (χ1n) is 8.58. The Balaban J connectivity index is 1.78. The zero-order chi connectivity index (χ0) is 18.4. The highest BCUT2D eigenvalue weighted by atomic mass is 16.5. The molecular weight excluding hydrogens is 314 g/mol. The van der Waals surface area contributed by atoms with Gasteiger partial charge in [0.05, 0.1) is 6.54 Å². The Morgan fingerprint density at radius 3 is 2.36 bits per heavy atom. The van der Waals surface area contributed by atoms with Crippen molar-refractivity contribution in [2.24, 2.45) is 0 Å². The second kappa shape index (κ2) is 8.56. The molecular formula is C21H27NO3. The van der Waals surface area contributed by atoms with E-state index < -0.39 is 6.10 Å². The van der Waals surface area contributed by atoms with Crippen LogP contribution in [0.1, 0.15) is 29.2 Å². The molecule has 2 rings (SSSR count). The minimum Gasteiger partial charge on any atom is -0.491 e. The smallest absolute Gasteiger partial charge is 0.260 e. The van der Waals surface area contributed by atoms with Crippen molar-refractivity contribution < 1.29 is 14.3 Å². The first kappa shape index (κ1) is 18.8. The zero-order valence-corrected chi connectivity index (χ0v) is 15.7. The van der Waals surface area contributed by atoms with Gasteiger partial charge in [-0.3, -0.25) is 4.79 Å². The predicted octanol–water partition coefficient (Wildman–Crippen LogP) is 3.88. The summed E-state index contributed by atoms with van der Waals surface area (Å²) in [6.45, 7) is 10.7. The Kier molecular flexibility index (Phi) is 6.45. The summed E-state index contributed by atoms with van der Waals surface area (Å²) in [6.07, 6.45) is -0.554. The Morgan fingerprint density at radius 2 is 1.68 bits per heavy atom. The first-order valence-corrected chi connectivity index (χ1v) is 8.58. The third kappa shape index (κ3) is 5.82. The molecule has 0 aliphatic rings. The number of benzene rings is 2. The van der Waals surface area contributed by atoms with Gasteiger partial charge < -0.3 is 14.8 Å². The number of nitrogens with one attached hydrogen (secondary N) is 1. The molecule has 2 aromatic rings. The lowest BCUT2D eigenvalue weighted by atomic mass is 10.1. The summed E-state index contributed by atoms with van der Waals surface area (Å²) in [7, 11) is 0. The average molecular weight is 341 g/mol. The van der Waals surface area contributed by atoms with Gasteiger partial charge in [-0.2, -0.15) is 0 Å². The molecule has 0 heterocycles. The van der Waals surface area contributed by atoms with E-state index in [2.05, 4.69) is 17.4 Å². The van der Waals surface area contributed by atoms with Crippen LogP contribution in [0.3, 0.4) is 0 Å². The highest BCUT2D eigenvalue weighted by molar-refractivity contribution is 5.80. The van der Waals surface area contributed by atoms with Gasteiger partial charge in [-0.25, -0.2) is 0 Å². The molecule has 0 bridgehead atoms. The van der Waals surface area contributed by atoms with Gasteiger partial charge in [0.25, 0.3) is 5.91 Å². The molecule has 0 aliphatic heterocycles. The number of aryl methyl sites for hydroxylation is 4. The third-order valence-corrected chi connectivity index (χ3v) is 3.88. The largest absolute Gasteiger partial charge is 0.491 e. The van der Waals surface area contributed by atoms with E-state index in [1.807, 2.05) is 52.0 Å². The predicted molar refractivity (Wildman–Crippen MR) is 100 cm³/mol. The van der Waals surface area contributed by atoms with Gasteiger partial charge in [-0.05, 0) is 75.1 Å². The van der Waals surface area contributed by atoms with Crippen LogP contribution in [-0.2, 0) is 4.79 Å². The molecule has 4 nitrogen and oxygen atoms in total. The molecule has 0 spiro atoms. The topological polar surface area (TPSA) is 47.6 Å². The number of carbonyl (C=O) groups is 1. The fraction of sp³-hybridized carbons (Fsp3) is 0.381. The van der Waals surface area contributed by atoms with Gasteiger partial charge in [0.1, 0.15) is 18.1 Å². The molecule has 0 unspecified atom stereocenters. The SMILES string of the molecule is Cc1cc(C)cc(O[C@@H](C)C(=O)NCCOc2cc(C)ccc2C)c1. The summed E-state index contributed by atoms with van der Waals surface area (Å²) in [5.74, 6) is 1.42. The van der Waals surface area contributed by atoms with Crippen molar-refractivity contribution in [3.05, 3.63) is 58.7 Å². The lowest BCUT2D eigenvalue weighted by Gasteiger charge is -2.16. The number of carbonyl (C=O) groups excluding carboxylic acids is 1. The highest BCUT2D eigenvalue weighted by Crippen LogP contribution is 2.19. The Bertz CT molecular complexity index is 720. The van der Waals surface area contributed by atoms with Crippen molar-refractivity contribution in [1.29, 1.82) is 0 Å². The number of hydrogen-bond donors (Lipinski definition) is 1. The lowest BCUT2D eigenvalue weighted by molar-refractivity contribution is -0.127. The number of ether oxygens (including phenoxy) is 2. The van der Waals surface area contributed by atoms with E-state index in [-0.39, 0.29) is 5.91 Å². The van der Waals surface area contributed by atoms with Crippen LogP contribution in [0.4, 0.5) is 0 Å². The molecule has 25 heavy (non-hydrogen) atoms. The molecule has 0 saturated heterocycles. The van der Waals surface area contributed by atoms with Gasteiger partial charge in [0.15, 0.2) is 6.10 Å². The quantitative estimate of drug-likeness (QED) is 0.778. The van der Waals surface area contributed by atoms with Gasteiger partial charge >= 0.3 is 0 Å². The lowest BCUT2D eigenvalue weighted by Crippen LogP contribution is -2.38. The maximum atomic E-state index is 12.2. The first-order chi connectivity index (χ1) is 11.8. The van der Waals surface area contributed by atoms with Gasteiger partial charge in [-0.1, -0.05) is 18.2 Å². The second-order valence-corrected chi connectivity index (χ2v) is 6.49. The van der Waals surface area contributed by atoms with Crippen LogP contribution in [0.5, 0.6) is 11.5 Å². The van der Waals surface area contributed by atoms with Crippen LogP contribution in [0.2, 0.25) is 0 Å². The van der Waals surface area contributed by atoms with Gasteiger partial charge in [0.2, 0.25) is 0 Å². The van der Waals surface area contributed by atoms with Crippen molar-refractivity contribution in [3.8, 4) is 11.5 Å². The van der Waals surface area contributed by atoms with E-state index in [1.54, 1.807) is 6.92 Å². The van der Waals surface area contributed by atoms with Crippen LogP contribution in [0.15, 0.2) is 36.4 Å². The van der Waals surface area contributed by atoms with Crippen LogP contribution < -0.4 is 14.8 Å². The maximum absolute atomic E-state index is 12.2. The number of amides is 1. The minimum absolute atomic E-state index is 0.149. The molecule has 0 aliphatic carbocycles. The second-order valence-electron chi connectivity index (χ2n) is 6.49. The summed E-state index contributed by atoms with van der Waals surface area (Å²) in [4.78, 5) is 12.2. The molecule has 4 heteroatoms. The normalized spacial score (nSPS) is 11.7. The zero-order valence-electron chi connectivity index (χ0n) is 15.7. The average Bonchev–Trinajstić information content (AvgIpc) is 2.53. The van der Waals surface area contributed by atoms with E-state index in [0.29, 0.717) is 18.9 Å². The number of hydrogen-bond acceptors (Lipinski definition) is 3. The van der Waals surface area contributed by atoms with Crippen molar-refractivity contribution in [1.82, 2.24) is 5.32 Å². The van der Waals surface area contributed by atoms with Crippen molar-refractivity contribution >= 4 is 5.91 Å². The van der Waals surface area contributed by atoms with E-state index in [1.165, 1.54) is 0 Å². The maximum Gasteiger partial charge on any atom is 0.260 e. The number of rotatable bonds is 7. The molecule has 2 aromatic carbocycles. The van der Waals surface area contributed by atoms with Crippen molar-refractivity contribution in [3.63, 3.8) is 0 Å². The molecule has 134 valence electrons. The van der Waals surface area contributed by atoms with E-state index in [9.17, 15) is 4.79 Å².